The van der Waals surface area contributed by atoms with Crippen molar-refractivity contribution in [1.82, 2.24) is 0 Å². The van der Waals surface area contributed by atoms with Gasteiger partial charge in [0, 0.05) is 25.2 Å². The number of aliphatic hydroxyl groups is 1. The molecule has 0 aromatic carbocycles. The van der Waals surface area contributed by atoms with Crippen LogP contribution >= 0.6 is 0 Å². The van der Waals surface area contributed by atoms with Crippen LogP contribution in [-0.4, -0.2) is 50.2 Å². The maximum absolute atomic E-state index is 10.1. The molecule has 3 aliphatic rings. The van der Waals surface area contributed by atoms with Gasteiger partial charge in [0.1, 0.15) is 0 Å². The first kappa shape index (κ1) is 21.5. The molecule has 4 atom stereocenters. The zero-order valence-electron chi connectivity index (χ0n) is 17.0. The minimum absolute atomic E-state index is 0.0369. The lowest BCUT2D eigenvalue weighted by Gasteiger charge is -2.37. The summed E-state index contributed by atoms with van der Waals surface area (Å²) in [5.41, 5.74) is -0.0484. The largest absolute Gasteiger partial charge is 0.396 e. The number of hydrogen-bond donors (Lipinski definition) is 1. The number of ether oxygens (including phenoxy) is 4. The highest BCUT2D eigenvalue weighted by atomic mass is 16.7. The molecule has 3 rings (SSSR count). The molecule has 2 aliphatic heterocycles. The topological polar surface area (TPSA) is 57.2 Å². The highest BCUT2D eigenvalue weighted by Crippen LogP contribution is 2.45. The average molecular weight is 385 g/mol. The van der Waals surface area contributed by atoms with Gasteiger partial charge in [-0.05, 0) is 64.2 Å². The van der Waals surface area contributed by atoms with E-state index < -0.39 is 0 Å². The monoisotopic (exact) mass is 384 g/mol. The van der Waals surface area contributed by atoms with E-state index in [1.807, 2.05) is 0 Å². The van der Waals surface area contributed by atoms with Gasteiger partial charge in [0.15, 0.2) is 12.6 Å². The minimum Gasteiger partial charge on any atom is -0.396 e. The fraction of sp³-hybridized carbons (Fsp3) is 1.00. The molecule has 1 saturated carbocycles. The van der Waals surface area contributed by atoms with E-state index in [0.717, 1.165) is 77.6 Å². The van der Waals surface area contributed by atoms with Gasteiger partial charge in [-0.2, -0.15) is 0 Å². The van der Waals surface area contributed by atoms with Crippen molar-refractivity contribution in [3.8, 4) is 0 Å². The molecule has 27 heavy (non-hydrogen) atoms. The van der Waals surface area contributed by atoms with E-state index in [-0.39, 0.29) is 30.7 Å². The molecule has 2 saturated heterocycles. The third kappa shape index (κ3) is 6.67. The zero-order valence-corrected chi connectivity index (χ0v) is 17.0. The number of aliphatic hydroxyl groups excluding tert-OH is 1. The summed E-state index contributed by atoms with van der Waals surface area (Å²) >= 11 is 0. The van der Waals surface area contributed by atoms with Crippen molar-refractivity contribution < 1.29 is 24.1 Å². The van der Waals surface area contributed by atoms with E-state index in [4.69, 9.17) is 18.9 Å². The molecule has 0 bridgehead atoms. The van der Waals surface area contributed by atoms with Crippen LogP contribution in [0.15, 0.2) is 0 Å². The van der Waals surface area contributed by atoms with Crippen LogP contribution in [0, 0.1) is 5.41 Å². The Balaban J connectivity index is 1.30. The maximum Gasteiger partial charge on any atom is 0.157 e. The first-order chi connectivity index (χ1) is 13.3. The molecule has 5 heteroatoms. The molecule has 0 radical (unpaired) electrons. The molecule has 1 aliphatic carbocycles. The van der Waals surface area contributed by atoms with E-state index in [1.165, 1.54) is 32.1 Å². The maximum atomic E-state index is 10.1. The smallest absolute Gasteiger partial charge is 0.157 e. The Morgan fingerprint density at radius 3 is 2.26 bits per heavy atom. The van der Waals surface area contributed by atoms with Crippen LogP contribution < -0.4 is 0 Å². The zero-order chi connectivity index (χ0) is 18.8. The Morgan fingerprint density at radius 2 is 1.56 bits per heavy atom. The van der Waals surface area contributed by atoms with Crippen LogP contribution in [0.25, 0.3) is 0 Å². The number of hydrogen-bond acceptors (Lipinski definition) is 5. The van der Waals surface area contributed by atoms with Crippen LogP contribution in [0.2, 0.25) is 0 Å². The SMILES string of the molecule is OCC1(CCCCCCOC2CCCCO2)CCCC1OC1CCCCO1. The summed E-state index contributed by atoms with van der Waals surface area (Å²) in [4.78, 5) is 0. The van der Waals surface area contributed by atoms with Gasteiger partial charge in [0.05, 0.1) is 12.7 Å². The minimum atomic E-state index is -0.0491. The second-order valence-electron chi connectivity index (χ2n) is 8.66. The van der Waals surface area contributed by atoms with Gasteiger partial charge in [-0.3, -0.25) is 0 Å². The van der Waals surface area contributed by atoms with Crippen molar-refractivity contribution >= 4 is 0 Å². The van der Waals surface area contributed by atoms with E-state index in [0.29, 0.717) is 0 Å². The quantitative estimate of drug-likeness (QED) is 0.530. The van der Waals surface area contributed by atoms with Gasteiger partial charge >= 0.3 is 0 Å². The fourth-order valence-corrected chi connectivity index (χ4v) is 4.86. The molecule has 0 aromatic rings. The Hall–Kier alpha value is -0.200. The highest BCUT2D eigenvalue weighted by Gasteiger charge is 2.44. The Morgan fingerprint density at radius 1 is 0.815 bits per heavy atom. The van der Waals surface area contributed by atoms with Gasteiger partial charge in [-0.25, -0.2) is 0 Å². The summed E-state index contributed by atoms with van der Waals surface area (Å²) in [6, 6.07) is 0. The molecular weight excluding hydrogens is 344 g/mol. The van der Waals surface area contributed by atoms with Crippen LogP contribution in [-0.2, 0) is 18.9 Å². The molecule has 0 spiro atoms. The lowest BCUT2D eigenvalue weighted by molar-refractivity contribution is -0.211. The molecule has 2 heterocycles. The van der Waals surface area contributed by atoms with Crippen molar-refractivity contribution in [2.24, 2.45) is 5.41 Å². The normalized spacial score (nSPS) is 34.8. The Bertz CT molecular complexity index is 392. The Labute approximate surface area is 165 Å². The molecule has 4 unspecified atom stereocenters. The summed E-state index contributed by atoms with van der Waals surface area (Å²) in [6.07, 6.45) is 16.0. The molecular formula is C22H40O5. The van der Waals surface area contributed by atoms with Crippen LogP contribution in [0.3, 0.4) is 0 Å². The molecule has 158 valence electrons. The third-order valence-electron chi connectivity index (χ3n) is 6.60. The van der Waals surface area contributed by atoms with Crippen molar-refractivity contribution in [3.63, 3.8) is 0 Å². The first-order valence-electron chi connectivity index (χ1n) is 11.4. The predicted octanol–water partition coefficient (Wildman–Crippen LogP) is 4.55. The van der Waals surface area contributed by atoms with E-state index in [2.05, 4.69) is 0 Å². The summed E-state index contributed by atoms with van der Waals surface area (Å²) < 4.78 is 23.5. The summed E-state index contributed by atoms with van der Waals surface area (Å²) in [5.74, 6) is 0. The van der Waals surface area contributed by atoms with Crippen molar-refractivity contribution in [2.45, 2.75) is 109 Å². The third-order valence-corrected chi connectivity index (χ3v) is 6.60. The van der Waals surface area contributed by atoms with Gasteiger partial charge in [0.2, 0.25) is 0 Å². The van der Waals surface area contributed by atoms with Crippen LogP contribution in [0.4, 0.5) is 0 Å². The lowest BCUT2D eigenvalue weighted by atomic mass is 9.79. The molecule has 5 nitrogen and oxygen atoms in total. The van der Waals surface area contributed by atoms with Crippen LogP contribution in [0.5, 0.6) is 0 Å². The Kier molecular flexibility index (Phi) is 9.33. The van der Waals surface area contributed by atoms with Crippen LogP contribution in [0.1, 0.15) is 89.9 Å². The van der Waals surface area contributed by atoms with Gasteiger partial charge in [-0.15, -0.1) is 0 Å². The molecule has 0 aromatic heterocycles. The predicted molar refractivity (Wildman–Crippen MR) is 104 cm³/mol. The van der Waals surface area contributed by atoms with E-state index in [9.17, 15) is 5.11 Å². The van der Waals surface area contributed by atoms with Gasteiger partial charge in [0.25, 0.3) is 0 Å². The summed E-state index contributed by atoms with van der Waals surface area (Å²) in [5, 5.41) is 10.1. The van der Waals surface area contributed by atoms with Crippen molar-refractivity contribution in [2.75, 3.05) is 26.4 Å². The lowest BCUT2D eigenvalue weighted by Crippen LogP contribution is -2.39. The first-order valence-corrected chi connectivity index (χ1v) is 11.4. The second kappa shape index (κ2) is 11.7. The van der Waals surface area contributed by atoms with Crippen molar-refractivity contribution in [1.29, 1.82) is 0 Å². The number of rotatable bonds is 11. The molecule has 0 amide bonds. The van der Waals surface area contributed by atoms with E-state index >= 15 is 0 Å². The summed E-state index contributed by atoms with van der Waals surface area (Å²) in [6.45, 7) is 2.72. The van der Waals surface area contributed by atoms with Gasteiger partial charge in [-0.1, -0.05) is 25.7 Å². The van der Waals surface area contributed by atoms with E-state index in [1.54, 1.807) is 0 Å². The standard InChI is InChI=1S/C22H40O5/c23-18-22(14-9-10-19(22)27-21-12-4-8-17-26-21)13-5-1-2-6-15-24-20-11-3-7-16-25-20/h19-21,23H,1-18H2. The molecule has 1 N–H and O–H groups in total. The average Bonchev–Trinajstić information content (AvgIpc) is 3.11. The van der Waals surface area contributed by atoms with Gasteiger partial charge < -0.3 is 24.1 Å². The molecule has 3 fully saturated rings. The highest BCUT2D eigenvalue weighted by molar-refractivity contribution is 4.93. The summed E-state index contributed by atoms with van der Waals surface area (Å²) in [7, 11) is 0. The second-order valence-corrected chi connectivity index (χ2v) is 8.66. The van der Waals surface area contributed by atoms with Crippen molar-refractivity contribution in [3.05, 3.63) is 0 Å². The number of unbranched alkanes of at least 4 members (excludes halogenated alkanes) is 3. The fourth-order valence-electron chi connectivity index (χ4n) is 4.86.